The summed E-state index contributed by atoms with van der Waals surface area (Å²) in [5.41, 5.74) is 0.869. The lowest BCUT2D eigenvalue weighted by Gasteiger charge is -2.06. The molecule has 1 aromatic carbocycles. The minimum absolute atomic E-state index is 0.133. The highest BCUT2D eigenvalue weighted by molar-refractivity contribution is 7.87. The summed E-state index contributed by atoms with van der Waals surface area (Å²) in [6.07, 6.45) is -1.15. The quantitative estimate of drug-likeness (QED) is 0.649. The first kappa shape index (κ1) is 17.3. The average Bonchev–Trinajstić information content (AvgIpc) is 2.29. The molecular weight excluding hydrogens is 279 g/mol. The molecule has 0 saturated carbocycles. The molecule has 8 heteroatoms. The van der Waals surface area contributed by atoms with E-state index in [1.165, 1.54) is 12.1 Å². The second-order valence-electron chi connectivity index (χ2n) is 3.18. The van der Waals surface area contributed by atoms with Gasteiger partial charge < -0.3 is 9.79 Å². The lowest BCUT2D eigenvalue weighted by Crippen LogP contribution is -2.07. The molecule has 6 nitrogen and oxygen atoms in total. The van der Waals surface area contributed by atoms with Gasteiger partial charge in [-0.2, -0.15) is 8.42 Å². The lowest BCUT2D eigenvalue weighted by atomic mass is 10.2. The zero-order valence-electron chi connectivity index (χ0n) is 10.4. The van der Waals surface area contributed by atoms with E-state index in [1.807, 2.05) is 13.8 Å². The Bertz CT molecular complexity index is 502. The first-order valence-corrected chi connectivity index (χ1v) is 8.42. The molecule has 0 atom stereocenters. The third-order valence-corrected chi connectivity index (χ3v) is 3.60. The zero-order chi connectivity index (χ0) is 14.4. The van der Waals surface area contributed by atoms with E-state index in [0.29, 0.717) is 0 Å². The maximum atomic E-state index is 11.4. The summed E-state index contributed by atoms with van der Waals surface area (Å²) in [5.74, 6) is 0. The van der Waals surface area contributed by atoms with E-state index >= 15 is 0 Å². The molecule has 0 aliphatic rings. The Morgan fingerprint density at radius 1 is 1.17 bits per heavy atom. The molecule has 104 valence electrons. The van der Waals surface area contributed by atoms with Crippen LogP contribution in [0.5, 0.6) is 0 Å². The zero-order valence-corrected chi connectivity index (χ0v) is 12.1. The molecule has 0 saturated heterocycles. The van der Waals surface area contributed by atoms with Crippen LogP contribution in [0, 0.1) is 6.92 Å². The Morgan fingerprint density at radius 3 is 2.00 bits per heavy atom. The van der Waals surface area contributed by atoms with E-state index in [0.717, 1.165) is 5.56 Å². The summed E-state index contributed by atoms with van der Waals surface area (Å²) in [6.45, 7) is 5.78. The van der Waals surface area contributed by atoms with Crippen LogP contribution in [0.4, 0.5) is 0 Å². The van der Waals surface area contributed by atoms with Crippen molar-refractivity contribution in [1.29, 1.82) is 0 Å². The summed E-state index contributed by atoms with van der Waals surface area (Å²) in [7, 11) is -8.60. The van der Waals surface area contributed by atoms with Gasteiger partial charge in [0, 0.05) is 0 Å². The normalized spacial score (nSPS) is 11.6. The highest BCUT2D eigenvalue weighted by atomic mass is 32.2. The van der Waals surface area contributed by atoms with Crippen LogP contribution >= 0.6 is 7.60 Å². The van der Waals surface area contributed by atoms with Gasteiger partial charge in [-0.3, -0.25) is 8.75 Å². The third-order valence-electron chi connectivity index (χ3n) is 1.69. The predicted octanol–water partition coefficient (Wildman–Crippen LogP) is 1.86. The van der Waals surface area contributed by atoms with Gasteiger partial charge in [0.05, 0.1) is 4.90 Å². The Morgan fingerprint density at radius 2 is 1.61 bits per heavy atom. The largest absolute Gasteiger partial charge is 0.352 e. The van der Waals surface area contributed by atoms with Crippen molar-refractivity contribution >= 4 is 17.7 Å². The topological polar surface area (TPSA) is 101 Å². The molecule has 2 N–H and O–H groups in total. The maximum absolute atomic E-state index is 11.4. The minimum Gasteiger partial charge on any atom is -0.323 e. The molecule has 0 fully saturated rings. The van der Waals surface area contributed by atoms with Gasteiger partial charge in [0.2, 0.25) is 0 Å². The van der Waals surface area contributed by atoms with Gasteiger partial charge in [-0.05, 0) is 19.1 Å². The average molecular weight is 296 g/mol. The molecule has 0 spiro atoms. The molecule has 0 aliphatic heterocycles. The van der Waals surface area contributed by atoms with Crippen LogP contribution in [-0.4, -0.2) is 24.6 Å². The predicted molar refractivity (Wildman–Crippen MR) is 67.7 cm³/mol. The first-order valence-electron chi connectivity index (χ1n) is 5.21. The molecule has 0 aliphatic carbocycles. The van der Waals surface area contributed by atoms with Crippen molar-refractivity contribution in [1.82, 2.24) is 0 Å². The fourth-order valence-corrected chi connectivity index (χ4v) is 2.62. The Hall–Kier alpha value is -0.720. The number of aryl methyl sites for hydroxylation is 1. The first-order chi connectivity index (χ1) is 8.21. The van der Waals surface area contributed by atoms with Crippen LogP contribution in [-0.2, 0) is 18.9 Å². The summed E-state index contributed by atoms with van der Waals surface area (Å²) in [5, 5.41) is 0. The van der Waals surface area contributed by atoms with Gasteiger partial charge >= 0.3 is 7.60 Å². The Labute approximate surface area is 107 Å². The van der Waals surface area contributed by atoms with Crippen LogP contribution < -0.4 is 0 Å². The maximum Gasteiger partial charge on any atom is 0.352 e. The fourth-order valence-electron chi connectivity index (χ4n) is 0.911. The van der Waals surface area contributed by atoms with Gasteiger partial charge in [0.25, 0.3) is 10.1 Å². The second kappa shape index (κ2) is 7.01. The lowest BCUT2D eigenvalue weighted by molar-refractivity contribution is 0.301. The van der Waals surface area contributed by atoms with Crippen LogP contribution in [0.15, 0.2) is 29.2 Å². The number of benzene rings is 1. The highest BCUT2D eigenvalue weighted by Crippen LogP contribution is 2.35. The molecule has 0 amide bonds. The monoisotopic (exact) mass is 296 g/mol. The Balaban J connectivity index is 0.00000137. The van der Waals surface area contributed by atoms with Gasteiger partial charge in [-0.1, -0.05) is 31.5 Å². The van der Waals surface area contributed by atoms with E-state index in [2.05, 4.69) is 4.18 Å². The highest BCUT2D eigenvalue weighted by Gasteiger charge is 2.21. The number of hydrogen-bond acceptors (Lipinski definition) is 4. The van der Waals surface area contributed by atoms with Crippen molar-refractivity contribution in [2.45, 2.75) is 25.7 Å². The van der Waals surface area contributed by atoms with Gasteiger partial charge in [-0.15, -0.1) is 0 Å². The molecule has 0 aromatic heterocycles. The van der Waals surface area contributed by atoms with E-state index in [9.17, 15) is 13.0 Å². The van der Waals surface area contributed by atoms with Crippen molar-refractivity contribution in [3.63, 3.8) is 0 Å². The van der Waals surface area contributed by atoms with Crippen molar-refractivity contribution in [3.05, 3.63) is 29.8 Å². The van der Waals surface area contributed by atoms with Gasteiger partial charge in [-0.25, -0.2) is 0 Å². The van der Waals surface area contributed by atoms with E-state index in [-0.39, 0.29) is 4.90 Å². The van der Waals surface area contributed by atoms with Crippen molar-refractivity contribution in [2.75, 3.05) is 6.35 Å². The van der Waals surface area contributed by atoms with Crippen LogP contribution in [0.3, 0.4) is 0 Å². The van der Waals surface area contributed by atoms with Crippen LogP contribution in [0.2, 0.25) is 0 Å². The SMILES string of the molecule is CC.Cc1ccc(S(=O)(=O)OCP(=O)(O)O)cc1. The molecule has 1 rings (SSSR count). The van der Waals surface area contributed by atoms with E-state index < -0.39 is 24.1 Å². The summed E-state index contributed by atoms with van der Waals surface area (Å²) in [6, 6.07) is 5.75. The summed E-state index contributed by atoms with van der Waals surface area (Å²) in [4.78, 5) is 16.9. The van der Waals surface area contributed by atoms with Crippen molar-refractivity contribution in [2.24, 2.45) is 0 Å². The van der Waals surface area contributed by atoms with Crippen molar-refractivity contribution in [3.8, 4) is 0 Å². The van der Waals surface area contributed by atoms with Crippen LogP contribution in [0.25, 0.3) is 0 Å². The van der Waals surface area contributed by atoms with E-state index in [4.69, 9.17) is 9.79 Å². The number of hydrogen-bond donors (Lipinski definition) is 2. The molecule has 18 heavy (non-hydrogen) atoms. The molecule has 0 heterocycles. The Kier molecular flexibility index (Phi) is 6.73. The van der Waals surface area contributed by atoms with Crippen LogP contribution in [0.1, 0.15) is 19.4 Å². The molecule has 1 aromatic rings. The standard InChI is InChI=1S/C8H11O6PS.C2H6/c1-7-2-4-8(5-3-7)16(12,13)14-6-15(9,10)11;1-2/h2-5H,6H2,1H3,(H2,9,10,11);1-2H3. The van der Waals surface area contributed by atoms with E-state index in [1.54, 1.807) is 19.1 Å². The third kappa shape index (κ3) is 6.28. The fraction of sp³-hybridized carbons (Fsp3) is 0.400. The number of rotatable bonds is 4. The smallest absolute Gasteiger partial charge is 0.323 e. The minimum atomic E-state index is -4.49. The van der Waals surface area contributed by atoms with Gasteiger partial charge in [0.15, 0.2) is 6.35 Å². The molecule has 0 radical (unpaired) electrons. The second-order valence-corrected chi connectivity index (χ2v) is 6.38. The summed E-state index contributed by atoms with van der Waals surface area (Å²) < 4.78 is 37.5. The summed E-state index contributed by atoms with van der Waals surface area (Å²) >= 11 is 0. The molecule has 0 unspecified atom stereocenters. The van der Waals surface area contributed by atoms with Crippen molar-refractivity contribution < 1.29 is 27.0 Å². The molecular formula is C10H17O6PS. The van der Waals surface area contributed by atoms with Gasteiger partial charge in [0.1, 0.15) is 0 Å². The molecule has 0 bridgehead atoms.